The normalized spacial score (nSPS) is 11.1. The molecule has 0 N–H and O–H groups in total. The molecule has 136 valence electrons. The smallest absolute Gasteiger partial charge is 0.205 e. The molecule has 0 fully saturated rings. The summed E-state index contributed by atoms with van der Waals surface area (Å²) in [4.78, 5) is 0. The molecular weight excluding hydrogens is 408 g/mol. The maximum atomic E-state index is 13.9. The molecule has 0 bridgehead atoms. The van der Waals surface area contributed by atoms with Crippen molar-refractivity contribution in [3.05, 3.63) is 82.3 Å². The second-order valence-corrected chi connectivity index (χ2v) is 7.35. The molecule has 0 spiro atoms. The predicted octanol–water partition coefficient (Wildman–Crippen LogP) is 6.27. The number of benzene rings is 2. The van der Waals surface area contributed by atoms with Crippen LogP contribution in [-0.4, -0.2) is 14.8 Å². The number of furan rings is 1. The van der Waals surface area contributed by atoms with Crippen molar-refractivity contribution in [2.75, 3.05) is 0 Å². The SMILES string of the molecule is Fc1ccccc1CSc1nnc(-c2ccco2)n1-c1ccc(Cl)c(Cl)c1. The zero-order valence-corrected chi connectivity index (χ0v) is 16.1. The molecule has 0 saturated heterocycles. The molecule has 0 aliphatic heterocycles. The molecule has 4 rings (SSSR count). The highest BCUT2D eigenvalue weighted by Crippen LogP contribution is 2.32. The standard InChI is InChI=1S/C19H12Cl2FN3OS/c20-14-8-7-13(10-15(14)21)25-18(17-6-3-9-26-17)23-24-19(25)27-11-12-4-1-2-5-16(12)22/h1-10H,11H2. The number of aromatic nitrogens is 3. The second-order valence-electron chi connectivity index (χ2n) is 5.60. The van der Waals surface area contributed by atoms with E-state index in [-0.39, 0.29) is 5.82 Å². The number of hydrogen-bond donors (Lipinski definition) is 0. The summed E-state index contributed by atoms with van der Waals surface area (Å²) < 4.78 is 21.2. The van der Waals surface area contributed by atoms with Crippen LogP contribution in [0.25, 0.3) is 17.3 Å². The van der Waals surface area contributed by atoms with Gasteiger partial charge < -0.3 is 4.42 Å². The average Bonchev–Trinajstić information content (AvgIpc) is 3.33. The van der Waals surface area contributed by atoms with Gasteiger partial charge in [-0.1, -0.05) is 53.2 Å². The van der Waals surface area contributed by atoms with Crippen LogP contribution in [-0.2, 0) is 5.75 Å². The molecule has 0 aliphatic carbocycles. The minimum Gasteiger partial charge on any atom is -0.461 e. The highest BCUT2D eigenvalue weighted by molar-refractivity contribution is 7.98. The molecule has 2 aromatic heterocycles. The fourth-order valence-corrected chi connectivity index (χ4v) is 3.77. The summed E-state index contributed by atoms with van der Waals surface area (Å²) in [6.45, 7) is 0. The van der Waals surface area contributed by atoms with E-state index in [1.54, 1.807) is 48.7 Å². The van der Waals surface area contributed by atoms with E-state index in [0.717, 1.165) is 5.69 Å². The lowest BCUT2D eigenvalue weighted by atomic mass is 10.2. The van der Waals surface area contributed by atoms with Crippen LogP contribution in [0.3, 0.4) is 0 Å². The van der Waals surface area contributed by atoms with E-state index in [1.807, 2.05) is 10.6 Å². The van der Waals surface area contributed by atoms with Gasteiger partial charge in [-0.15, -0.1) is 10.2 Å². The average molecular weight is 420 g/mol. The maximum absolute atomic E-state index is 13.9. The Balaban J connectivity index is 1.75. The number of nitrogens with zero attached hydrogens (tertiary/aromatic N) is 3. The van der Waals surface area contributed by atoms with Crippen molar-refractivity contribution < 1.29 is 8.81 Å². The Morgan fingerprint density at radius 3 is 2.59 bits per heavy atom. The molecule has 27 heavy (non-hydrogen) atoms. The summed E-state index contributed by atoms with van der Waals surface area (Å²) in [7, 11) is 0. The van der Waals surface area contributed by atoms with Crippen LogP contribution in [0.1, 0.15) is 5.56 Å². The first-order valence-corrected chi connectivity index (χ1v) is 9.68. The number of thioether (sulfide) groups is 1. The Morgan fingerprint density at radius 2 is 1.85 bits per heavy atom. The van der Waals surface area contributed by atoms with Crippen molar-refractivity contribution in [2.45, 2.75) is 10.9 Å². The van der Waals surface area contributed by atoms with Gasteiger partial charge >= 0.3 is 0 Å². The molecule has 0 amide bonds. The van der Waals surface area contributed by atoms with Gasteiger partial charge in [-0.3, -0.25) is 4.57 Å². The fraction of sp³-hybridized carbons (Fsp3) is 0.0526. The molecule has 2 aromatic carbocycles. The van der Waals surface area contributed by atoms with Gasteiger partial charge in [0.1, 0.15) is 5.82 Å². The lowest BCUT2D eigenvalue weighted by Crippen LogP contribution is -2.00. The van der Waals surface area contributed by atoms with Crippen LogP contribution in [0, 0.1) is 5.82 Å². The van der Waals surface area contributed by atoms with Crippen LogP contribution in [0.2, 0.25) is 10.0 Å². The van der Waals surface area contributed by atoms with Crippen LogP contribution in [0.5, 0.6) is 0 Å². The van der Waals surface area contributed by atoms with Crippen LogP contribution in [0.15, 0.2) is 70.4 Å². The molecule has 8 heteroatoms. The van der Waals surface area contributed by atoms with E-state index < -0.39 is 0 Å². The molecule has 0 radical (unpaired) electrons. The third-order valence-corrected chi connectivity index (χ3v) is 5.57. The van der Waals surface area contributed by atoms with Crippen molar-refractivity contribution in [2.24, 2.45) is 0 Å². The van der Waals surface area contributed by atoms with Crippen LogP contribution in [0.4, 0.5) is 4.39 Å². The van der Waals surface area contributed by atoms with Gasteiger partial charge in [-0.05, 0) is 42.0 Å². The van der Waals surface area contributed by atoms with E-state index in [2.05, 4.69) is 10.2 Å². The van der Waals surface area contributed by atoms with E-state index in [9.17, 15) is 4.39 Å². The zero-order valence-electron chi connectivity index (χ0n) is 13.8. The first-order chi connectivity index (χ1) is 13.1. The van der Waals surface area contributed by atoms with E-state index in [4.69, 9.17) is 27.6 Å². The second kappa shape index (κ2) is 7.76. The third-order valence-electron chi connectivity index (χ3n) is 3.85. The van der Waals surface area contributed by atoms with Crippen molar-refractivity contribution in [3.8, 4) is 17.3 Å². The summed E-state index contributed by atoms with van der Waals surface area (Å²) in [6.07, 6.45) is 1.56. The Morgan fingerprint density at radius 1 is 1.00 bits per heavy atom. The summed E-state index contributed by atoms with van der Waals surface area (Å²) >= 11 is 13.6. The first-order valence-electron chi connectivity index (χ1n) is 7.94. The lowest BCUT2D eigenvalue weighted by molar-refractivity contribution is 0.575. The Hall–Kier alpha value is -2.28. The van der Waals surface area contributed by atoms with Crippen molar-refractivity contribution in [1.82, 2.24) is 14.8 Å². The number of halogens is 3. The molecule has 0 unspecified atom stereocenters. The fourth-order valence-electron chi connectivity index (χ4n) is 2.54. The van der Waals surface area contributed by atoms with Gasteiger partial charge in [0.15, 0.2) is 10.9 Å². The highest BCUT2D eigenvalue weighted by Gasteiger charge is 2.19. The van der Waals surface area contributed by atoms with Gasteiger partial charge in [-0.25, -0.2) is 4.39 Å². The van der Waals surface area contributed by atoms with Crippen molar-refractivity contribution in [1.29, 1.82) is 0 Å². The van der Waals surface area contributed by atoms with Gasteiger partial charge in [0.05, 0.1) is 22.0 Å². The molecular formula is C19H12Cl2FN3OS. The van der Waals surface area contributed by atoms with Gasteiger partial charge in [-0.2, -0.15) is 0 Å². The van der Waals surface area contributed by atoms with Crippen molar-refractivity contribution in [3.63, 3.8) is 0 Å². The summed E-state index contributed by atoms with van der Waals surface area (Å²) in [5.74, 6) is 1.24. The van der Waals surface area contributed by atoms with Crippen LogP contribution >= 0.6 is 35.0 Å². The van der Waals surface area contributed by atoms with Gasteiger partial charge in [0.25, 0.3) is 0 Å². The Bertz CT molecular complexity index is 1080. The number of hydrogen-bond acceptors (Lipinski definition) is 4. The molecule has 2 heterocycles. The third kappa shape index (κ3) is 3.74. The Labute approximate surface area is 168 Å². The van der Waals surface area contributed by atoms with Gasteiger partial charge in [0.2, 0.25) is 5.82 Å². The first kappa shape index (κ1) is 18.1. The molecule has 4 aromatic rings. The van der Waals surface area contributed by atoms with Gasteiger partial charge in [0, 0.05) is 5.75 Å². The maximum Gasteiger partial charge on any atom is 0.205 e. The zero-order chi connectivity index (χ0) is 18.8. The molecule has 0 saturated carbocycles. The molecule has 4 nitrogen and oxygen atoms in total. The van der Waals surface area contributed by atoms with E-state index in [1.165, 1.54) is 17.8 Å². The van der Waals surface area contributed by atoms with Crippen molar-refractivity contribution >= 4 is 35.0 Å². The predicted molar refractivity (Wildman–Crippen MR) is 105 cm³/mol. The quantitative estimate of drug-likeness (QED) is 0.357. The molecule has 0 aliphatic rings. The topological polar surface area (TPSA) is 43.9 Å². The van der Waals surface area contributed by atoms with E-state index >= 15 is 0 Å². The minimum atomic E-state index is -0.253. The lowest BCUT2D eigenvalue weighted by Gasteiger charge is -2.10. The van der Waals surface area contributed by atoms with Crippen LogP contribution < -0.4 is 0 Å². The monoisotopic (exact) mass is 419 g/mol. The summed E-state index contributed by atoms with van der Waals surface area (Å²) in [6, 6.07) is 15.5. The largest absolute Gasteiger partial charge is 0.461 e. The molecule has 0 atom stereocenters. The number of rotatable bonds is 5. The van der Waals surface area contributed by atoms with E-state index in [0.29, 0.717) is 38.1 Å². The summed E-state index contributed by atoms with van der Waals surface area (Å²) in [5, 5.41) is 9.97. The highest BCUT2D eigenvalue weighted by atomic mass is 35.5. The minimum absolute atomic E-state index is 0.253. The summed E-state index contributed by atoms with van der Waals surface area (Å²) in [5.41, 5.74) is 1.32. The Kier molecular flexibility index (Phi) is 5.20.